The average Bonchev–Trinajstić information content (AvgIpc) is 3.53. The van der Waals surface area contributed by atoms with E-state index in [-0.39, 0.29) is 23.4 Å². The third kappa shape index (κ3) is 3.08. The van der Waals surface area contributed by atoms with Crippen LogP contribution in [0.15, 0.2) is 72.8 Å². The number of anilines is 1. The number of nitrogens with zero attached hydrogens (tertiary/aromatic N) is 2. The molecule has 0 aromatic heterocycles. The van der Waals surface area contributed by atoms with Crippen molar-refractivity contribution >= 4 is 34.8 Å². The molecule has 0 radical (unpaired) electrons. The molecule has 176 valence electrons. The number of ketones is 1. The van der Waals surface area contributed by atoms with Gasteiger partial charge in [0, 0.05) is 52.5 Å². The number of thioether (sulfide) groups is 1. The lowest BCUT2D eigenvalue weighted by molar-refractivity contribution is -0.384. The van der Waals surface area contributed by atoms with Crippen LogP contribution < -0.4 is 5.32 Å². The van der Waals surface area contributed by atoms with Crippen molar-refractivity contribution < 1.29 is 18.9 Å². The molecule has 0 aliphatic carbocycles. The molecular formula is C26H20FN3O4S. The molecule has 3 heterocycles. The molecule has 2 saturated heterocycles. The Bertz CT molecular complexity index is 1370. The van der Waals surface area contributed by atoms with Gasteiger partial charge in [0.1, 0.15) is 11.4 Å². The zero-order chi connectivity index (χ0) is 24.3. The molecule has 35 heavy (non-hydrogen) atoms. The van der Waals surface area contributed by atoms with Gasteiger partial charge in [-0.1, -0.05) is 42.5 Å². The lowest BCUT2D eigenvalue weighted by Gasteiger charge is -2.36. The highest BCUT2D eigenvalue weighted by Crippen LogP contribution is 2.61. The molecule has 0 unspecified atom stereocenters. The van der Waals surface area contributed by atoms with Gasteiger partial charge >= 0.3 is 0 Å². The summed E-state index contributed by atoms with van der Waals surface area (Å²) in [6, 6.07) is 19.0. The van der Waals surface area contributed by atoms with E-state index in [4.69, 9.17) is 0 Å². The first kappa shape index (κ1) is 21.9. The third-order valence-corrected chi connectivity index (χ3v) is 8.45. The van der Waals surface area contributed by atoms with Gasteiger partial charge in [-0.3, -0.25) is 24.6 Å². The molecule has 3 aliphatic heterocycles. The Balaban J connectivity index is 1.60. The van der Waals surface area contributed by atoms with Gasteiger partial charge in [-0.05, 0) is 23.8 Å². The second-order valence-electron chi connectivity index (χ2n) is 9.03. The molecule has 3 aromatic rings. The summed E-state index contributed by atoms with van der Waals surface area (Å²) >= 11 is 1.66. The maximum atomic E-state index is 14.5. The summed E-state index contributed by atoms with van der Waals surface area (Å²) < 4.78 is 14.5. The van der Waals surface area contributed by atoms with Crippen molar-refractivity contribution in [3.8, 4) is 0 Å². The summed E-state index contributed by atoms with van der Waals surface area (Å²) in [5.41, 5.74) is 0.754. The zero-order valence-electron chi connectivity index (χ0n) is 18.4. The van der Waals surface area contributed by atoms with Crippen LogP contribution in [0.3, 0.4) is 0 Å². The Labute approximate surface area is 204 Å². The second kappa shape index (κ2) is 8.00. The first-order chi connectivity index (χ1) is 16.9. The molecule has 0 bridgehead atoms. The molecule has 3 aliphatic rings. The molecule has 4 atom stereocenters. The van der Waals surface area contributed by atoms with Crippen molar-refractivity contribution in [3.05, 3.63) is 105 Å². The van der Waals surface area contributed by atoms with Crippen LogP contribution in [0.25, 0.3) is 0 Å². The van der Waals surface area contributed by atoms with Crippen LogP contribution >= 0.6 is 11.8 Å². The maximum Gasteiger partial charge on any atom is 0.269 e. The summed E-state index contributed by atoms with van der Waals surface area (Å²) in [5, 5.41) is 14.1. The maximum absolute atomic E-state index is 14.5. The number of halogens is 1. The van der Waals surface area contributed by atoms with Crippen molar-refractivity contribution in [2.45, 2.75) is 17.5 Å². The number of benzene rings is 3. The van der Waals surface area contributed by atoms with Crippen LogP contribution in [0.5, 0.6) is 0 Å². The SMILES string of the molecule is O=C(c1ccccc1)[C@H]1[C@@H](c2ccc([N+](=O)[O-])cc2)[C@@H]2CSCN2[C@@]12C(=O)Nc1ccc(F)cc12. The van der Waals surface area contributed by atoms with E-state index in [0.29, 0.717) is 28.4 Å². The van der Waals surface area contributed by atoms with Gasteiger partial charge in [0.15, 0.2) is 5.78 Å². The Hall–Kier alpha value is -3.56. The van der Waals surface area contributed by atoms with Crippen molar-refractivity contribution in [2.75, 3.05) is 16.9 Å². The summed E-state index contributed by atoms with van der Waals surface area (Å²) in [7, 11) is 0. The zero-order valence-corrected chi connectivity index (χ0v) is 19.2. The van der Waals surface area contributed by atoms with E-state index in [1.165, 1.54) is 24.3 Å². The Morgan fingerprint density at radius 1 is 1.11 bits per heavy atom. The lowest BCUT2D eigenvalue weighted by Crippen LogP contribution is -2.52. The Kier molecular flexibility index (Phi) is 5.01. The van der Waals surface area contributed by atoms with Crippen LogP contribution in [0.2, 0.25) is 0 Å². The quantitative estimate of drug-likeness (QED) is 0.328. The number of carbonyl (C=O) groups is 2. The van der Waals surface area contributed by atoms with E-state index < -0.39 is 28.1 Å². The van der Waals surface area contributed by atoms with E-state index in [0.717, 1.165) is 5.56 Å². The molecule has 1 N–H and O–H groups in total. The molecule has 6 rings (SSSR count). The Morgan fingerprint density at radius 3 is 2.57 bits per heavy atom. The molecule has 1 spiro atoms. The number of hydrogen-bond acceptors (Lipinski definition) is 6. The number of nitro benzene ring substituents is 1. The average molecular weight is 490 g/mol. The highest BCUT2D eigenvalue weighted by atomic mass is 32.2. The topological polar surface area (TPSA) is 92.5 Å². The van der Waals surface area contributed by atoms with Crippen LogP contribution in [0, 0.1) is 21.8 Å². The minimum atomic E-state index is -1.38. The minimum absolute atomic E-state index is 0.0453. The first-order valence-corrected chi connectivity index (χ1v) is 12.4. The molecule has 9 heteroatoms. The first-order valence-electron chi connectivity index (χ1n) is 11.2. The minimum Gasteiger partial charge on any atom is -0.324 e. The summed E-state index contributed by atoms with van der Waals surface area (Å²) in [5.74, 6) is -1.10. The van der Waals surface area contributed by atoms with Gasteiger partial charge in [0.2, 0.25) is 5.91 Å². The highest BCUT2D eigenvalue weighted by molar-refractivity contribution is 7.99. The van der Waals surface area contributed by atoms with E-state index in [1.54, 1.807) is 54.2 Å². The standard InChI is InChI=1S/C26H20FN3O4S/c27-17-8-11-20-19(12-17)26(25(32)28-20)23(24(31)16-4-2-1-3-5-16)22(21-13-35-14-29(21)26)15-6-9-18(10-7-15)30(33)34/h1-12,21-23H,13-14H2,(H,28,32)/t21-,22-,23+,26+/m0/s1. The highest BCUT2D eigenvalue weighted by Gasteiger charge is 2.69. The number of fused-ring (bicyclic) bond motifs is 4. The molecule has 1 amide bonds. The smallest absolute Gasteiger partial charge is 0.269 e. The van der Waals surface area contributed by atoms with Crippen LogP contribution in [0.4, 0.5) is 15.8 Å². The lowest BCUT2D eigenvalue weighted by atomic mass is 9.69. The van der Waals surface area contributed by atoms with Crippen molar-refractivity contribution in [2.24, 2.45) is 5.92 Å². The number of non-ortho nitro benzene ring substituents is 1. The molecular weight excluding hydrogens is 469 g/mol. The number of carbonyl (C=O) groups excluding carboxylic acids is 2. The van der Waals surface area contributed by atoms with E-state index in [1.807, 2.05) is 11.0 Å². The van der Waals surface area contributed by atoms with Crippen molar-refractivity contribution in [1.82, 2.24) is 4.90 Å². The molecule has 3 aromatic carbocycles. The predicted molar refractivity (Wildman–Crippen MR) is 130 cm³/mol. The molecule has 0 saturated carbocycles. The van der Waals surface area contributed by atoms with Gasteiger partial charge in [0.25, 0.3) is 5.69 Å². The van der Waals surface area contributed by atoms with Gasteiger partial charge in [0.05, 0.1) is 10.8 Å². The van der Waals surface area contributed by atoms with E-state index in [2.05, 4.69) is 5.32 Å². The van der Waals surface area contributed by atoms with Crippen LogP contribution in [-0.4, -0.2) is 39.2 Å². The second-order valence-corrected chi connectivity index (χ2v) is 10.0. The summed E-state index contributed by atoms with van der Waals surface area (Å²) in [4.78, 5) is 40.9. The Morgan fingerprint density at radius 2 is 1.86 bits per heavy atom. The van der Waals surface area contributed by atoms with Crippen LogP contribution in [0.1, 0.15) is 27.4 Å². The predicted octanol–water partition coefficient (Wildman–Crippen LogP) is 4.55. The third-order valence-electron chi connectivity index (χ3n) is 7.41. The normalized spacial score (nSPS) is 27.0. The number of rotatable bonds is 4. The van der Waals surface area contributed by atoms with E-state index in [9.17, 15) is 24.1 Å². The number of amides is 1. The van der Waals surface area contributed by atoms with E-state index >= 15 is 0 Å². The number of Topliss-reactive ketones (excluding diaryl/α,β-unsaturated/α-hetero) is 1. The van der Waals surface area contributed by atoms with Gasteiger partial charge in [-0.15, -0.1) is 11.8 Å². The van der Waals surface area contributed by atoms with Gasteiger partial charge < -0.3 is 5.32 Å². The molecule has 2 fully saturated rings. The largest absolute Gasteiger partial charge is 0.324 e. The summed E-state index contributed by atoms with van der Waals surface area (Å²) in [6.45, 7) is 0. The monoisotopic (exact) mass is 489 g/mol. The molecule has 7 nitrogen and oxygen atoms in total. The van der Waals surface area contributed by atoms with Crippen LogP contribution in [-0.2, 0) is 10.3 Å². The fraction of sp³-hybridized carbons (Fsp3) is 0.231. The summed E-state index contributed by atoms with van der Waals surface area (Å²) in [6.07, 6.45) is 0. The fourth-order valence-electron chi connectivity index (χ4n) is 6.02. The van der Waals surface area contributed by atoms with Gasteiger partial charge in [-0.25, -0.2) is 4.39 Å². The number of nitro groups is 1. The van der Waals surface area contributed by atoms with Gasteiger partial charge in [-0.2, -0.15) is 0 Å². The van der Waals surface area contributed by atoms with Crippen molar-refractivity contribution in [1.29, 1.82) is 0 Å². The number of hydrogen-bond donors (Lipinski definition) is 1. The van der Waals surface area contributed by atoms with Crippen molar-refractivity contribution in [3.63, 3.8) is 0 Å². The fourth-order valence-corrected chi connectivity index (χ4v) is 7.35. The number of nitrogens with one attached hydrogen (secondary N) is 1.